The van der Waals surface area contributed by atoms with Crippen molar-refractivity contribution in [1.82, 2.24) is 4.72 Å². The molecular formula is C10H9ClN2O5S. The minimum atomic E-state index is -4.28. The van der Waals surface area contributed by atoms with Gasteiger partial charge in [-0.05, 0) is 18.2 Å². The van der Waals surface area contributed by atoms with Crippen LogP contribution in [0.2, 0.25) is 5.02 Å². The lowest BCUT2D eigenvalue weighted by molar-refractivity contribution is -0.139. The van der Waals surface area contributed by atoms with Gasteiger partial charge in [0.15, 0.2) is 0 Å². The molecule has 0 fully saturated rings. The number of nitrogens with zero attached hydrogens (tertiary/aromatic N) is 1. The van der Waals surface area contributed by atoms with Gasteiger partial charge < -0.3 is 10.2 Å². The summed E-state index contributed by atoms with van der Waals surface area (Å²) in [7, 11) is -4.28. The van der Waals surface area contributed by atoms with Gasteiger partial charge in [0.05, 0.1) is 12.2 Å². The predicted octanol–water partition coefficient (Wildman–Crippen LogP) is -0.0645. The van der Waals surface area contributed by atoms with Crippen LogP contribution < -0.4 is 4.72 Å². The molecule has 1 aromatic carbocycles. The van der Waals surface area contributed by atoms with Crippen molar-refractivity contribution in [3.63, 3.8) is 0 Å². The summed E-state index contributed by atoms with van der Waals surface area (Å²) in [5.41, 5.74) is -0.182. The van der Waals surface area contributed by atoms with E-state index in [0.29, 0.717) is 0 Å². The van der Waals surface area contributed by atoms with E-state index < -0.39 is 33.5 Å². The van der Waals surface area contributed by atoms with E-state index in [2.05, 4.69) is 0 Å². The first-order valence-electron chi connectivity index (χ1n) is 4.87. The maximum Gasteiger partial charge on any atom is 0.324 e. The van der Waals surface area contributed by atoms with Crippen LogP contribution in [0.4, 0.5) is 0 Å². The van der Waals surface area contributed by atoms with Gasteiger partial charge in [-0.2, -0.15) is 9.98 Å². The monoisotopic (exact) mass is 304 g/mol. The fourth-order valence-electron chi connectivity index (χ4n) is 1.23. The summed E-state index contributed by atoms with van der Waals surface area (Å²) in [5, 5.41) is 26.4. The summed E-state index contributed by atoms with van der Waals surface area (Å²) < 4.78 is 25.7. The van der Waals surface area contributed by atoms with Crippen molar-refractivity contribution in [3.05, 3.63) is 28.8 Å². The number of sulfonamides is 1. The van der Waals surface area contributed by atoms with Crippen LogP contribution >= 0.6 is 11.6 Å². The number of rotatable bonds is 5. The maximum atomic E-state index is 11.9. The molecule has 0 radical (unpaired) electrons. The molecule has 0 heterocycles. The van der Waals surface area contributed by atoms with Crippen molar-refractivity contribution in [3.8, 4) is 6.07 Å². The van der Waals surface area contributed by atoms with E-state index in [4.69, 9.17) is 27.1 Å². The number of halogens is 1. The molecule has 9 heteroatoms. The molecule has 3 N–H and O–H groups in total. The van der Waals surface area contributed by atoms with Gasteiger partial charge in [-0.1, -0.05) is 11.6 Å². The third-order valence-electron chi connectivity index (χ3n) is 2.13. The number of hydrogen-bond donors (Lipinski definition) is 3. The molecule has 0 amide bonds. The summed E-state index contributed by atoms with van der Waals surface area (Å²) in [4.78, 5) is 10.2. The number of aliphatic hydroxyl groups is 1. The predicted molar refractivity (Wildman–Crippen MR) is 65.0 cm³/mol. The molecule has 1 atom stereocenters. The number of hydrogen-bond acceptors (Lipinski definition) is 5. The highest BCUT2D eigenvalue weighted by atomic mass is 35.5. The molecule has 0 unspecified atom stereocenters. The number of carbonyl (C=O) groups is 1. The number of aliphatic hydroxyl groups excluding tert-OH is 1. The Hall–Kier alpha value is -1.66. The number of nitrogens with one attached hydrogen (secondary N) is 1. The van der Waals surface area contributed by atoms with E-state index in [9.17, 15) is 13.2 Å². The van der Waals surface area contributed by atoms with Gasteiger partial charge >= 0.3 is 5.97 Å². The molecule has 1 aromatic rings. The van der Waals surface area contributed by atoms with E-state index in [1.54, 1.807) is 10.8 Å². The molecule has 0 saturated heterocycles. The van der Waals surface area contributed by atoms with Gasteiger partial charge in [-0.15, -0.1) is 0 Å². The molecule has 0 aliphatic carbocycles. The van der Waals surface area contributed by atoms with Crippen LogP contribution in [0.1, 0.15) is 5.56 Å². The van der Waals surface area contributed by atoms with Crippen LogP contribution in [0, 0.1) is 11.3 Å². The first-order valence-corrected chi connectivity index (χ1v) is 6.73. The molecule has 0 aliphatic rings. The molecule has 0 aromatic heterocycles. The normalized spacial score (nSPS) is 12.7. The molecule has 19 heavy (non-hydrogen) atoms. The first kappa shape index (κ1) is 15.4. The number of nitriles is 1. The van der Waals surface area contributed by atoms with Crippen LogP contribution in [0.25, 0.3) is 0 Å². The average Bonchev–Trinajstić information content (AvgIpc) is 2.35. The zero-order valence-electron chi connectivity index (χ0n) is 9.37. The number of aliphatic carboxylic acids is 1. The smallest absolute Gasteiger partial charge is 0.324 e. The van der Waals surface area contributed by atoms with Crippen LogP contribution in [-0.4, -0.2) is 37.2 Å². The second-order valence-electron chi connectivity index (χ2n) is 3.45. The van der Waals surface area contributed by atoms with E-state index >= 15 is 0 Å². The summed E-state index contributed by atoms with van der Waals surface area (Å²) in [6.07, 6.45) is 0. The van der Waals surface area contributed by atoms with Crippen LogP contribution in [-0.2, 0) is 14.8 Å². The van der Waals surface area contributed by atoms with E-state index in [1.165, 1.54) is 12.1 Å². The Labute approximate surface area is 114 Å². The minimum absolute atomic E-state index is 0.0789. The van der Waals surface area contributed by atoms with Crippen molar-refractivity contribution < 1.29 is 23.4 Å². The maximum absolute atomic E-state index is 11.9. The van der Waals surface area contributed by atoms with Gasteiger partial charge in [-0.25, -0.2) is 8.42 Å². The standard InChI is InChI=1S/C10H9ClN2O5S/c11-7-2-1-6(4-12)9(3-7)19(17,18)13-8(5-14)10(15)16/h1-3,8,13-14H,5H2,(H,15,16)/t8-/m1/s1. The second-order valence-corrected chi connectivity index (χ2v) is 5.57. The van der Waals surface area contributed by atoms with Gasteiger partial charge in [0, 0.05) is 5.02 Å². The SMILES string of the molecule is N#Cc1ccc(Cl)cc1S(=O)(=O)N[C@H](CO)C(=O)O. The molecular weight excluding hydrogens is 296 g/mol. The van der Waals surface area contributed by atoms with Crippen LogP contribution in [0.5, 0.6) is 0 Å². The van der Waals surface area contributed by atoms with Crippen molar-refractivity contribution in [1.29, 1.82) is 5.26 Å². The lowest BCUT2D eigenvalue weighted by Gasteiger charge is -2.13. The summed E-state index contributed by atoms with van der Waals surface area (Å²) >= 11 is 5.65. The Morgan fingerprint density at radius 1 is 1.53 bits per heavy atom. The lowest BCUT2D eigenvalue weighted by Crippen LogP contribution is -2.43. The fourth-order valence-corrected chi connectivity index (χ4v) is 2.83. The topological polar surface area (TPSA) is 127 Å². The summed E-state index contributed by atoms with van der Waals surface area (Å²) in [6, 6.07) is 3.52. The Kier molecular flexibility index (Phi) is 4.85. The lowest BCUT2D eigenvalue weighted by atomic mass is 10.2. The Bertz CT molecular complexity index is 638. The van der Waals surface area contributed by atoms with Crippen molar-refractivity contribution >= 4 is 27.6 Å². The molecule has 102 valence electrons. The average molecular weight is 305 g/mol. The van der Waals surface area contributed by atoms with Crippen molar-refractivity contribution in [2.45, 2.75) is 10.9 Å². The van der Waals surface area contributed by atoms with Crippen LogP contribution in [0.3, 0.4) is 0 Å². The van der Waals surface area contributed by atoms with E-state index in [-0.39, 0.29) is 10.6 Å². The number of benzene rings is 1. The molecule has 0 aliphatic heterocycles. The largest absolute Gasteiger partial charge is 0.480 e. The fraction of sp³-hybridized carbons (Fsp3) is 0.200. The highest BCUT2D eigenvalue weighted by Gasteiger charge is 2.26. The molecule has 0 saturated carbocycles. The Morgan fingerprint density at radius 2 is 2.16 bits per heavy atom. The summed E-state index contributed by atoms with van der Waals surface area (Å²) in [6.45, 7) is -0.920. The van der Waals surface area contributed by atoms with E-state index in [0.717, 1.165) is 6.07 Å². The van der Waals surface area contributed by atoms with Gasteiger partial charge in [-0.3, -0.25) is 4.79 Å². The highest BCUT2D eigenvalue weighted by molar-refractivity contribution is 7.89. The Balaban J connectivity index is 3.25. The second kappa shape index (κ2) is 5.99. The van der Waals surface area contributed by atoms with Crippen molar-refractivity contribution in [2.75, 3.05) is 6.61 Å². The van der Waals surface area contributed by atoms with Gasteiger partial charge in [0.2, 0.25) is 10.0 Å². The van der Waals surface area contributed by atoms with E-state index in [1.807, 2.05) is 0 Å². The van der Waals surface area contributed by atoms with Crippen LogP contribution in [0.15, 0.2) is 23.1 Å². The zero-order chi connectivity index (χ0) is 14.6. The number of carboxylic acids is 1. The minimum Gasteiger partial charge on any atom is -0.480 e. The summed E-state index contributed by atoms with van der Waals surface area (Å²) in [5.74, 6) is -1.54. The number of carboxylic acid groups (broad SMARTS) is 1. The van der Waals surface area contributed by atoms with Gasteiger partial charge in [0.1, 0.15) is 17.0 Å². The van der Waals surface area contributed by atoms with Crippen molar-refractivity contribution in [2.24, 2.45) is 0 Å². The molecule has 7 nitrogen and oxygen atoms in total. The molecule has 0 bridgehead atoms. The molecule has 0 spiro atoms. The zero-order valence-corrected chi connectivity index (χ0v) is 10.9. The quantitative estimate of drug-likeness (QED) is 0.699. The third-order valence-corrected chi connectivity index (χ3v) is 3.88. The third kappa shape index (κ3) is 3.65. The first-order chi connectivity index (χ1) is 8.81. The highest BCUT2D eigenvalue weighted by Crippen LogP contribution is 2.20. The van der Waals surface area contributed by atoms with Gasteiger partial charge in [0.25, 0.3) is 0 Å². The molecule has 1 rings (SSSR count). The Morgan fingerprint density at radius 3 is 2.63 bits per heavy atom.